The number of aryl methyl sites for hydroxylation is 1. The summed E-state index contributed by atoms with van der Waals surface area (Å²) >= 11 is 12.3. The molecule has 20 heavy (non-hydrogen) atoms. The van der Waals surface area contributed by atoms with Crippen LogP contribution in [0.2, 0.25) is 0 Å². The molecule has 0 aromatic heterocycles. The second-order valence-corrected chi connectivity index (χ2v) is 7.25. The number of carbonyl (C=O) groups excluding carboxylic acids is 1. The van der Waals surface area contributed by atoms with Gasteiger partial charge in [-0.1, -0.05) is 0 Å². The van der Waals surface area contributed by atoms with Crippen LogP contribution in [-0.2, 0) is 11.2 Å². The number of fused-ring (bicyclic) bond motifs is 1. The average Bonchev–Trinajstić information content (AvgIpc) is 2.96. The Balaban J connectivity index is 1.93. The SMILES string of the molecule is COc1ccc2c(c1)CCCN2C(=O)[C@@]1(C)CC1(Cl)Cl. The van der Waals surface area contributed by atoms with Crippen molar-refractivity contribution in [2.45, 2.75) is 30.5 Å². The fourth-order valence-electron chi connectivity index (χ4n) is 2.84. The standard InChI is InChI=1S/C15H17Cl2NO2/c1-14(9-15(14,16)17)13(19)18-7-3-4-10-8-11(20-2)5-6-12(10)18/h5-6,8H,3-4,7,9H2,1-2H3/t14-/m1/s1. The van der Waals surface area contributed by atoms with Crippen molar-refractivity contribution in [1.29, 1.82) is 0 Å². The minimum atomic E-state index is -0.922. The van der Waals surface area contributed by atoms with Gasteiger partial charge in [0.25, 0.3) is 0 Å². The molecule has 1 aromatic rings. The molecule has 3 rings (SSSR count). The van der Waals surface area contributed by atoms with Crippen molar-refractivity contribution >= 4 is 34.8 Å². The smallest absolute Gasteiger partial charge is 0.236 e. The van der Waals surface area contributed by atoms with Gasteiger partial charge in [-0.2, -0.15) is 0 Å². The summed E-state index contributed by atoms with van der Waals surface area (Å²) in [4.78, 5) is 14.6. The highest BCUT2D eigenvalue weighted by molar-refractivity contribution is 6.53. The molecular formula is C15H17Cl2NO2. The Morgan fingerprint density at radius 2 is 2.10 bits per heavy atom. The average molecular weight is 314 g/mol. The molecule has 108 valence electrons. The summed E-state index contributed by atoms with van der Waals surface area (Å²) in [6.45, 7) is 2.56. The van der Waals surface area contributed by atoms with Crippen molar-refractivity contribution in [2.24, 2.45) is 5.41 Å². The highest BCUT2D eigenvalue weighted by atomic mass is 35.5. The molecule has 0 radical (unpaired) electrons. The van der Waals surface area contributed by atoms with Crippen LogP contribution >= 0.6 is 23.2 Å². The van der Waals surface area contributed by atoms with Crippen molar-refractivity contribution < 1.29 is 9.53 Å². The lowest BCUT2D eigenvalue weighted by atomic mass is 9.98. The quantitative estimate of drug-likeness (QED) is 0.781. The third-order valence-corrected chi connectivity index (χ3v) is 5.48. The zero-order valence-corrected chi connectivity index (χ0v) is 13.1. The highest BCUT2D eigenvalue weighted by Gasteiger charge is 2.69. The maximum Gasteiger partial charge on any atom is 0.236 e. The summed E-state index contributed by atoms with van der Waals surface area (Å²) in [6.07, 6.45) is 2.42. The van der Waals surface area contributed by atoms with Crippen molar-refractivity contribution in [1.82, 2.24) is 0 Å². The van der Waals surface area contributed by atoms with Crippen LogP contribution in [-0.4, -0.2) is 23.9 Å². The van der Waals surface area contributed by atoms with Gasteiger partial charge in [-0.25, -0.2) is 0 Å². The maximum atomic E-state index is 12.7. The second kappa shape index (κ2) is 4.54. The molecule has 2 aliphatic rings. The first kappa shape index (κ1) is 14.0. The zero-order chi connectivity index (χ0) is 14.5. The predicted octanol–water partition coefficient (Wildman–Crippen LogP) is 3.56. The van der Waals surface area contributed by atoms with Gasteiger partial charge in [0.2, 0.25) is 5.91 Å². The van der Waals surface area contributed by atoms with Crippen molar-refractivity contribution in [3.05, 3.63) is 23.8 Å². The number of hydrogen-bond acceptors (Lipinski definition) is 2. The lowest BCUT2D eigenvalue weighted by molar-refractivity contribution is -0.123. The molecule has 0 bridgehead atoms. The molecule has 0 unspecified atom stereocenters. The van der Waals surface area contributed by atoms with Crippen molar-refractivity contribution in [3.8, 4) is 5.75 Å². The summed E-state index contributed by atoms with van der Waals surface area (Å²) in [6, 6.07) is 5.83. The van der Waals surface area contributed by atoms with E-state index >= 15 is 0 Å². The third kappa shape index (κ3) is 1.99. The molecule has 1 aliphatic carbocycles. The Morgan fingerprint density at radius 1 is 1.40 bits per heavy atom. The van der Waals surface area contributed by atoms with Crippen LogP contribution in [0.1, 0.15) is 25.3 Å². The van der Waals surface area contributed by atoms with Crippen LogP contribution in [0.5, 0.6) is 5.75 Å². The molecule has 3 nitrogen and oxygen atoms in total. The first-order chi connectivity index (χ1) is 9.39. The van der Waals surface area contributed by atoms with E-state index in [2.05, 4.69) is 0 Å². The number of methoxy groups -OCH3 is 1. The molecule has 5 heteroatoms. The number of halogens is 2. The molecule has 1 heterocycles. The lowest BCUT2D eigenvalue weighted by Gasteiger charge is -2.32. The topological polar surface area (TPSA) is 29.5 Å². The van der Waals surface area contributed by atoms with E-state index in [1.807, 2.05) is 30.0 Å². The Bertz CT molecular complexity index is 573. The molecule has 1 atom stereocenters. The molecule has 1 aliphatic heterocycles. The molecule has 1 fully saturated rings. The molecule has 1 saturated carbocycles. The maximum absolute atomic E-state index is 12.7. The number of hydrogen-bond donors (Lipinski definition) is 0. The lowest BCUT2D eigenvalue weighted by Crippen LogP contribution is -2.41. The molecule has 0 N–H and O–H groups in total. The largest absolute Gasteiger partial charge is 0.497 e. The molecule has 1 aromatic carbocycles. The predicted molar refractivity (Wildman–Crippen MR) is 80.8 cm³/mol. The van der Waals surface area contributed by atoms with Crippen molar-refractivity contribution in [3.63, 3.8) is 0 Å². The van der Waals surface area contributed by atoms with Crippen LogP contribution in [0.4, 0.5) is 5.69 Å². The first-order valence-electron chi connectivity index (χ1n) is 6.76. The Morgan fingerprint density at radius 3 is 2.70 bits per heavy atom. The van der Waals surface area contributed by atoms with E-state index in [-0.39, 0.29) is 5.91 Å². The van der Waals surface area contributed by atoms with Gasteiger partial charge in [-0.3, -0.25) is 4.79 Å². The van der Waals surface area contributed by atoms with Gasteiger partial charge < -0.3 is 9.64 Å². The summed E-state index contributed by atoms with van der Waals surface area (Å²) in [5, 5.41) is 0. The minimum Gasteiger partial charge on any atom is -0.497 e. The Labute approximate surface area is 128 Å². The number of rotatable bonds is 2. The number of amides is 1. The van der Waals surface area contributed by atoms with Gasteiger partial charge >= 0.3 is 0 Å². The second-order valence-electron chi connectivity index (χ2n) is 5.77. The summed E-state index contributed by atoms with van der Waals surface area (Å²) in [5.41, 5.74) is 1.44. The van der Waals surface area contributed by atoms with E-state index in [4.69, 9.17) is 27.9 Å². The number of benzene rings is 1. The van der Waals surface area contributed by atoms with E-state index in [9.17, 15) is 4.79 Å². The minimum absolute atomic E-state index is 0.0219. The number of carbonyl (C=O) groups is 1. The van der Waals surface area contributed by atoms with Crippen LogP contribution in [0.15, 0.2) is 18.2 Å². The fourth-order valence-corrected chi connectivity index (χ4v) is 3.54. The normalized spacial score (nSPS) is 26.9. The first-order valence-corrected chi connectivity index (χ1v) is 7.51. The van der Waals surface area contributed by atoms with Gasteiger partial charge in [-0.05, 0) is 49.9 Å². The van der Waals surface area contributed by atoms with Gasteiger partial charge in [0.1, 0.15) is 10.1 Å². The number of anilines is 1. The van der Waals surface area contributed by atoms with E-state index in [0.29, 0.717) is 6.42 Å². The molecule has 0 saturated heterocycles. The van der Waals surface area contributed by atoms with Gasteiger partial charge in [0.05, 0.1) is 12.5 Å². The Hall–Kier alpha value is -0.930. The van der Waals surface area contributed by atoms with Crippen LogP contribution in [0, 0.1) is 5.41 Å². The Kier molecular flexibility index (Phi) is 3.18. The fraction of sp³-hybridized carbons (Fsp3) is 0.533. The van der Waals surface area contributed by atoms with Crippen LogP contribution < -0.4 is 9.64 Å². The van der Waals surface area contributed by atoms with Crippen LogP contribution in [0.3, 0.4) is 0 Å². The van der Waals surface area contributed by atoms with Crippen molar-refractivity contribution in [2.75, 3.05) is 18.6 Å². The van der Waals surface area contributed by atoms with E-state index < -0.39 is 9.75 Å². The summed E-state index contributed by atoms with van der Waals surface area (Å²) in [5.74, 6) is 0.841. The third-order valence-electron chi connectivity index (χ3n) is 4.38. The van der Waals surface area contributed by atoms with E-state index in [1.165, 1.54) is 0 Å². The monoisotopic (exact) mass is 313 g/mol. The highest BCUT2D eigenvalue weighted by Crippen LogP contribution is 2.64. The van der Waals surface area contributed by atoms with Gasteiger partial charge in [0.15, 0.2) is 0 Å². The van der Waals surface area contributed by atoms with E-state index in [1.54, 1.807) is 7.11 Å². The number of alkyl halides is 2. The van der Waals surface area contributed by atoms with Gasteiger partial charge in [0, 0.05) is 12.2 Å². The molecular weight excluding hydrogens is 297 g/mol. The zero-order valence-electron chi connectivity index (χ0n) is 11.6. The van der Waals surface area contributed by atoms with E-state index in [0.717, 1.165) is 36.4 Å². The molecule has 0 spiro atoms. The van der Waals surface area contributed by atoms with Gasteiger partial charge in [-0.15, -0.1) is 23.2 Å². The van der Waals surface area contributed by atoms with Crippen LogP contribution in [0.25, 0.3) is 0 Å². The summed E-state index contributed by atoms with van der Waals surface area (Å²) < 4.78 is 4.32. The molecule has 1 amide bonds. The summed E-state index contributed by atoms with van der Waals surface area (Å²) in [7, 11) is 1.65. The number of ether oxygens (including phenoxy) is 1. The number of nitrogens with zero attached hydrogens (tertiary/aromatic N) is 1.